The quantitative estimate of drug-likeness (QED) is 0.501. The molecule has 2 amide bonds. The Morgan fingerprint density at radius 1 is 0.839 bits per heavy atom. The summed E-state index contributed by atoms with van der Waals surface area (Å²) in [7, 11) is 0. The van der Waals surface area contributed by atoms with Gasteiger partial charge in [0.25, 0.3) is 5.91 Å². The van der Waals surface area contributed by atoms with Crippen LogP contribution in [0, 0.1) is 12.7 Å². The van der Waals surface area contributed by atoms with Crippen molar-refractivity contribution in [2.45, 2.75) is 32.9 Å². The molecular formula is C25H26FN3O2. The lowest BCUT2D eigenvalue weighted by Gasteiger charge is -2.21. The number of nitrogens with one attached hydrogen (secondary N) is 3. The predicted molar refractivity (Wildman–Crippen MR) is 122 cm³/mol. The average molecular weight is 420 g/mol. The highest BCUT2D eigenvalue weighted by Gasteiger charge is 2.17. The van der Waals surface area contributed by atoms with Gasteiger partial charge in [-0.1, -0.05) is 30.3 Å². The Hall–Kier alpha value is -3.51. The number of rotatable bonds is 7. The van der Waals surface area contributed by atoms with Gasteiger partial charge in [0.1, 0.15) is 5.82 Å². The summed E-state index contributed by atoms with van der Waals surface area (Å²) in [5.41, 5.74) is 3.81. The first-order valence-corrected chi connectivity index (χ1v) is 10.1. The van der Waals surface area contributed by atoms with Crippen molar-refractivity contribution in [1.29, 1.82) is 0 Å². The summed E-state index contributed by atoms with van der Waals surface area (Å²) < 4.78 is 13.0. The zero-order valence-corrected chi connectivity index (χ0v) is 17.8. The van der Waals surface area contributed by atoms with Crippen molar-refractivity contribution in [2.24, 2.45) is 0 Å². The van der Waals surface area contributed by atoms with Crippen molar-refractivity contribution in [3.8, 4) is 0 Å². The second-order valence-corrected chi connectivity index (χ2v) is 7.50. The lowest BCUT2D eigenvalue weighted by atomic mass is 10.1. The van der Waals surface area contributed by atoms with Crippen LogP contribution in [-0.4, -0.2) is 17.9 Å². The standard InChI is InChI=1S/C25H26FN3O2/c1-16-6-4-5-7-23(16)29-24(30)18(3)27-17(2)19-10-14-22(15-11-19)28-25(31)20-8-12-21(26)13-9-20/h4-15,17-18,27H,1-3H3,(H,28,31)(H,29,30). The molecule has 3 aromatic carbocycles. The van der Waals surface area contributed by atoms with Crippen molar-refractivity contribution in [1.82, 2.24) is 5.32 Å². The fourth-order valence-corrected chi connectivity index (χ4v) is 3.16. The number of anilines is 2. The maximum absolute atomic E-state index is 13.0. The highest BCUT2D eigenvalue weighted by molar-refractivity contribution is 6.04. The molecule has 3 rings (SSSR count). The third kappa shape index (κ3) is 5.99. The number of para-hydroxylation sites is 1. The number of carbonyl (C=O) groups is 2. The van der Waals surface area contributed by atoms with Crippen LogP contribution < -0.4 is 16.0 Å². The lowest BCUT2D eigenvalue weighted by Crippen LogP contribution is -2.39. The van der Waals surface area contributed by atoms with Crippen LogP contribution in [0.25, 0.3) is 0 Å². The molecule has 0 aliphatic heterocycles. The highest BCUT2D eigenvalue weighted by atomic mass is 19.1. The molecule has 3 N–H and O–H groups in total. The van der Waals surface area contributed by atoms with Gasteiger partial charge in [0, 0.05) is 23.0 Å². The Kier molecular flexibility index (Phi) is 7.15. The van der Waals surface area contributed by atoms with Crippen LogP contribution in [0.3, 0.4) is 0 Å². The largest absolute Gasteiger partial charge is 0.324 e. The number of hydrogen-bond acceptors (Lipinski definition) is 3. The molecule has 160 valence electrons. The summed E-state index contributed by atoms with van der Waals surface area (Å²) >= 11 is 0. The number of amides is 2. The van der Waals surface area contributed by atoms with E-state index in [-0.39, 0.29) is 23.7 Å². The van der Waals surface area contributed by atoms with Gasteiger partial charge in [-0.05, 0) is 74.4 Å². The van der Waals surface area contributed by atoms with Gasteiger partial charge < -0.3 is 10.6 Å². The highest BCUT2D eigenvalue weighted by Crippen LogP contribution is 2.18. The number of hydrogen-bond donors (Lipinski definition) is 3. The Labute approximate surface area is 181 Å². The summed E-state index contributed by atoms with van der Waals surface area (Å²) in [5, 5.41) is 9.03. The van der Waals surface area contributed by atoms with Gasteiger partial charge in [0.15, 0.2) is 0 Å². The molecular weight excluding hydrogens is 393 g/mol. The topological polar surface area (TPSA) is 70.2 Å². The zero-order valence-electron chi connectivity index (χ0n) is 17.8. The number of halogens is 1. The molecule has 0 spiro atoms. The monoisotopic (exact) mass is 419 g/mol. The fourth-order valence-electron chi connectivity index (χ4n) is 3.16. The van der Waals surface area contributed by atoms with E-state index in [1.54, 1.807) is 12.1 Å². The van der Waals surface area contributed by atoms with Crippen LogP contribution in [0.4, 0.5) is 15.8 Å². The number of benzene rings is 3. The van der Waals surface area contributed by atoms with E-state index in [1.165, 1.54) is 24.3 Å². The molecule has 31 heavy (non-hydrogen) atoms. The van der Waals surface area contributed by atoms with Crippen LogP contribution in [0.2, 0.25) is 0 Å². The molecule has 3 aromatic rings. The second kappa shape index (κ2) is 10.00. The predicted octanol–water partition coefficient (Wildman–Crippen LogP) is 5.06. The number of carbonyl (C=O) groups excluding carboxylic acids is 2. The first kappa shape index (κ1) is 22.2. The van der Waals surface area contributed by atoms with Crippen LogP contribution in [0.15, 0.2) is 72.8 Å². The molecule has 2 atom stereocenters. The Morgan fingerprint density at radius 2 is 1.48 bits per heavy atom. The van der Waals surface area contributed by atoms with E-state index in [0.29, 0.717) is 11.3 Å². The zero-order chi connectivity index (χ0) is 22.4. The van der Waals surface area contributed by atoms with Crippen LogP contribution in [-0.2, 0) is 4.79 Å². The number of aryl methyl sites for hydroxylation is 1. The Morgan fingerprint density at radius 3 is 2.13 bits per heavy atom. The van der Waals surface area contributed by atoms with Crippen LogP contribution in [0.1, 0.15) is 41.4 Å². The van der Waals surface area contributed by atoms with E-state index in [2.05, 4.69) is 16.0 Å². The molecule has 0 saturated carbocycles. The van der Waals surface area contributed by atoms with Crippen molar-refractivity contribution in [3.05, 3.63) is 95.3 Å². The Bertz CT molecular complexity index is 1050. The summed E-state index contributed by atoms with van der Waals surface area (Å²) in [4.78, 5) is 24.8. The van der Waals surface area contributed by atoms with Crippen molar-refractivity contribution in [3.63, 3.8) is 0 Å². The summed E-state index contributed by atoms with van der Waals surface area (Å²) in [6, 6.07) is 19.9. The van der Waals surface area contributed by atoms with E-state index in [0.717, 1.165) is 16.8 Å². The molecule has 0 aliphatic rings. The molecule has 0 saturated heterocycles. The molecule has 5 nitrogen and oxygen atoms in total. The van der Waals surface area contributed by atoms with E-state index < -0.39 is 6.04 Å². The molecule has 0 aromatic heterocycles. The van der Waals surface area contributed by atoms with Crippen LogP contribution >= 0.6 is 0 Å². The minimum atomic E-state index is -0.396. The first-order valence-electron chi connectivity index (χ1n) is 10.1. The van der Waals surface area contributed by atoms with Crippen molar-refractivity contribution >= 4 is 23.2 Å². The molecule has 6 heteroatoms. The van der Waals surface area contributed by atoms with Gasteiger partial charge in [0.2, 0.25) is 5.91 Å². The maximum Gasteiger partial charge on any atom is 0.255 e. The molecule has 0 aliphatic carbocycles. The van der Waals surface area contributed by atoms with Gasteiger partial charge in [0.05, 0.1) is 6.04 Å². The van der Waals surface area contributed by atoms with E-state index in [9.17, 15) is 14.0 Å². The fraction of sp³-hybridized carbons (Fsp3) is 0.200. The van der Waals surface area contributed by atoms with Crippen molar-refractivity contribution < 1.29 is 14.0 Å². The van der Waals surface area contributed by atoms with Gasteiger partial charge in [-0.2, -0.15) is 0 Å². The second-order valence-electron chi connectivity index (χ2n) is 7.50. The molecule has 0 radical (unpaired) electrons. The summed E-state index contributed by atoms with van der Waals surface area (Å²) in [6.45, 7) is 5.75. The van der Waals surface area contributed by atoms with E-state index >= 15 is 0 Å². The normalized spacial score (nSPS) is 12.6. The minimum Gasteiger partial charge on any atom is -0.324 e. The van der Waals surface area contributed by atoms with Gasteiger partial charge in [-0.15, -0.1) is 0 Å². The lowest BCUT2D eigenvalue weighted by molar-refractivity contribution is -0.117. The smallest absolute Gasteiger partial charge is 0.255 e. The molecule has 2 unspecified atom stereocenters. The van der Waals surface area contributed by atoms with Gasteiger partial charge >= 0.3 is 0 Å². The molecule has 0 fully saturated rings. The SMILES string of the molecule is Cc1ccccc1NC(=O)C(C)NC(C)c1ccc(NC(=O)c2ccc(F)cc2)cc1. The third-order valence-corrected chi connectivity index (χ3v) is 5.07. The van der Waals surface area contributed by atoms with Crippen molar-refractivity contribution in [2.75, 3.05) is 10.6 Å². The van der Waals surface area contributed by atoms with Gasteiger partial charge in [-0.3, -0.25) is 14.9 Å². The summed E-state index contributed by atoms with van der Waals surface area (Å²) in [6.07, 6.45) is 0. The molecule has 0 bridgehead atoms. The van der Waals surface area contributed by atoms with Gasteiger partial charge in [-0.25, -0.2) is 4.39 Å². The minimum absolute atomic E-state index is 0.0699. The van der Waals surface area contributed by atoms with E-state index in [1.807, 2.05) is 57.2 Å². The molecule has 0 heterocycles. The Balaban J connectivity index is 1.56. The summed E-state index contributed by atoms with van der Waals surface area (Å²) in [5.74, 6) is -0.797. The van der Waals surface area contributed by atoms with Crippen LogP contribution in [0.5, 0.6) is 0 Å². The average Bonchev–Trinajstić information content (AvgIpc) is 2.76. The maximum atomic E-state index is 13.0. The van der Waals surface area contributed by atoms with E-state index in [4.69, 9.17) is 0 Å². The first-order chi connectivity index (χ1) is 14.8. The third-order valence-electron chi connectivity index (χ3n) is 5.07.